The first-order valence-corrected chi connectivity index (χ1v) is 8.49. The molecule has 0 aliphatic heterocycles. The third kappa shape index (κ3) is 3.63. The number of nitro groups is 1. The van der Waals surface area contributed by atoms with Crippen molar-refractivity contribution >= 4 is 62.4 Å². The van der Waals surface area contributed by atoms with Crippen molar-refractivity contribution in [3.05, 3.63) is 73.1 Å². The molecule has 3 rings (SSSR count). The SMILES string of the molecule is O=C(NN=Cc1ccc(Cl)c([N+](=O)[O-])c1)c1sc2ccccc2c1Cl. The fourth-order valence-electron chi connectivity index (χ4n) is 2.13. The van der Waals surface area contributed by atoms with Gasteiger partial charge in [0.2, 0.25) is 0 Å². The number of halogens is 2. The lowest BCUT2D eigenvalue weighted by atomic mass is 10.2. The molecule has 0 atom stereocenters. The molecule has 0 bridgehead atoms. The van der Waals surface area contributed by atoms with Gasteiger partial charge in [0.05, 0.1) is 16.2 Å². The Balaban J connectivity index is 1.77. The highest BCUT2D eigenvalue weighted by Crippen LogP contribution is 2.34. The Hall–Kier alpha value is -2.48. The van der Waals surface area contributed by atoms with E-state index in [1.165, 1.54) is 29.7 Å². The van der Waals surface area contributed by atoms with Gasteiger partial charge in [-0.15, -0.1) is 11.3 Å². The number of hydrazone groups is 1. The van der Waals surface area contributed by atoms with E-state index in [9.17, 15) is 14.9 Å². The minimum Gasteiger partial charge on any atom is -0.266 e. The van der Waals surface area contributed by atoms with E-state index in [0.29, 0.717) is 15.5 Å². The predicted molar refractivity (Wildman–Crippen MR) is 100 cm³/mol. The van der Waals surface area contributed by atoms with Crippen molar-refractivity contribution in [3.8, 4) is 0 Å². The van der Waals surface area contributed by atoms with Crippen molar-refractivity contribution in [2.75, 3.05) is 0 Å². The van der Waals surface area contributed by atoms with Crippen LogP contribution >= 0.6 is 34.5 Å². The zero-order valence-electron chi connectivity index (χ0n) is 12.4. The summed E-state index contributed by atoms with van der Waals surface area (Å²) in [5.41, 5.74) is 2.56. The van der Waals surface area contributed by atoms with E-state index in [2.05, 4.69) is 10.5 Å². The summed E-state index contributed by atoms with van der Waals surface area (Å²) in [6.45, 7) is 0. The number of fused-ring (bicyclic) bond motifs is 1. The van der Waals surface area contributed by atoms with E-state index in [1.54, 1.807) is 6.07 Å². The first-order chi connectivity index (χ1) is 12.0. The van der Waals surface area contributed by atoms with Crippen molar-refractivity contribution in [2.45, 2.75) is 0 Å². The van der Waals surface area contributed by atoms with E-state index in [-0.39, 0.29) is 10.7 Å². The highest BCUT2D eigenvalue weighted by atomic mass is 35.5. The lowest BCUT2D eigenvalue weighted by Gasteiger charge is -1.99. The van der Waals surface area contributed by atoms with E-state index in [1.807, 2.05) is 24.3 Å². The Bertz CT molecular complexity index is 1020. The standard InChI is InChI=1S/C16H9Cl2N3O3S/c17-11-6-5-9(7-12(11)21(23)24)8-19-20-16(22)15-14(18)10-3-1-2-4-13(10)25-15/h1-8H,(H,20,22). The van der Waals surface area contributed by atoms with Gasteiger partial charge in [-0.3, -0.25) is 14.9 Å². The maximum Gasteiger partial charge on any atom is 0.288 e. The van der Waals surface area contributed by atoms with Crippen molar-refractivity contribution in [1.82, 2.24) is 5.43 Å². The van der Waals surface area contributed by atoms with E-state index < -0.39 is 10.8 Å². The van der Waals surface area contributed by atoms with E-state index in [0.717, 1.165) is 10.1 Å². The summed E-state index contributed by atoms with van der Waals surface area (Å²) in [4.78, 5) is 22.8. The number of carbonyl (C=O) groups excluding carboxylic acids is 1. The molecule has 0 saturated heterocycles. The fraction of sp³-hybridized carbons (Fsp3) is 0. The van der Waals surface area contributed by atoms with Crippen LogP contribution in [0, 0.1) is 10.1 Å². The minimum absolute atomic E-state index is 0.0308. The van der Waals surface area contributed by atoms with Crippen LogP contribution < -0.4 is 5.43 Å². The predicted octanol–water partition coefficient (Wildman–Crippen LogP) is 4.88. The molecule has 1 N–H and O–H groups in total. The van der Waals surface area contributed by atoms with Crippen molar-refractivity contribution < 1.29 is 9.72 Å². The molecular weight excluding hydrogens is 385 g/mol. The highest BCUT2D eigenvalue weighted by molar-refractivity contribution is 7.21. The van der Waals surface area contributed by atoms with Gasteiger partial charge in [-0.2, -0.15) is 5.10 Å². The van der Waals surface area contributed by atoms with Crippen LogP contribution in [-0.4, -0.2) is 17.0 Å². The molecule has 0 unspecified atom stereocenters. The molecule has 0 saturated carbocycles. The van der Waals surface area contributed by atoms with Crippen LogP contribution in [0.5, 0.6) is 0 Å². The summed E-state index contributed by atoms with van der Waals surface area (Å²) in [5.74, 6) is -0.453. The van der Waals surface area contributed by atoms with Gasteiger partial charge < -0.3 is 0 Å². The Morgan fingerprint density at radius 3 is 2.72 bits per heavy atom. The van der Waals surface area contributed by atoms with E-state index >= 15 is 0 Å². The summed E-state index contributed by atoms with van der Waals surface area (Å²) >= 11 is 13.2. The van der Waals surface area contributed by atoms with Crippen LogP contribution in [0.2, 0.25) is 10.0 Å². The molecule has 1 heterocycles. The summed E-state index contributed by atoms with van der Waals surface area (Å²) in [5, 5.41) is 15.9. The van der Waals surface area contributed by atoms with Crippen LogP contribution in [0.3, 0.4) is 0 Å². The van der Waals surface area contributed by atoms with Gasteiger partial charge in [0.25, 0.3) is 11.6 Å². The van der Waals surface area contributed by atoms with Crippen LogP contribution in [0.15, 0.2) is 47.6 Å². The van der Waals surface area contributed by atoms with Gasteiger partial charge in [-0.25, -0.2) is 5.43 Å². The molecule has 2 aromatic carbocycles. The topological polar surface area (TPSA) is 84.6 Å². The van der Waals surface area contributed by atoms with Crippen LogP contribution in [0.1, 0.15) is 15.2 Å². The summed E-state index contributed by atoms with van der Waals surface area (Å²) in [6.07, 6.45) is 1.29. The molecule has 1 amide bonds. The van der Waals surface area contributed by atoms with Gasteiger partial charge in [0, 0.05) is 21.7 Å². The number of thiophene rings is 1. The van der Waals surface area contributed by atoms with Crippen molar-refractivity contribution in [3.63, 3.8) is 0 Å². The molecular formula is C16H9Cl2N3O3S. The van der Waals surface area contributed by atoms with Crippen molar-refractivity contribution in [1.29, 1.82) is 0 Å². The Labute approximate surface area is 155 Å². The second-order valence-corrected chi connectivity index (χ2v) is 6.75. The number of benzene rings is 2. The molecule has 0 aliphatic rings. The van der Waals surface area contributed by atoms with Crippen LogP contribution in [0.4, 0.5) is 5.69 Å². The smallest absolute Gasteiger partial charge is 0.266 e. The number of nitro benzene ring substituents is 1. The minimum atomic E-state index is -0.588. The quantitative estimate of drug-likeness (QED) is 0.389. The molecule has 0 spiro atoms. The Kier molecular flexibility index (Phi) is 4.98. The van der Waals surface area contributed by atoms with Crippen LogP contribution in [0.25, 0.3) is 10.1 Å². The molecule has 0 fully saturated rings. The van der Waals surface area contributed by atoms with Gasteiger partial charge in [-0.1, -0.05) is 47.5 Å². The van der Waals surface area contributed by atoms with Gasteiger partial charge in [-0.05, 0) is 12.1 Å². The first kappa shape index (κ1) is 17.3. The number of hydrogen-bond donors (Lipinski definition) is 1. The number of carbonyl (C=O) groups is 1. The lowest BCUT2D eigenvalue weighted by Crippen LogP contribution is -2.16. The molecule has 3 aromatic rings. The fourth-order valence-corrected chi connectivity index (χ4v) is 3.72. The summed E-state index contributed by atoms with van der Waals surface area (Å²) < 4.78 is 0.898. The Morgan fingerprint density at radius 1 is 1.24 bits per heavy atom. The molecule has 0 aliphatic carbocycles. The zero-order valence-corrected chi connectivity index (χ0v) is 14.7. The Morgan fingerprint density at radius 2 is 2.00 bits per heavy atom. The highest BCUT2D eigenvalue weighted by Gasteiger charge is 2.16. The summed E-state index contributed by atoms with van der Waals surface area (Å²) in [6, 6.07) is 11.6. The maximum absolute atomic E-state index is 12.2. The van der Waals surface area contributed by atoms with E-state index in [4.69, 9.17) is 23.2 Å². The molecule has 126 valence electrons. The number of hydrogen-bond acceptors (Lipinski definition) is 5. The zero-order chi connectivity index (χ0) is 18.0. The van der Waals surface area contributed by atoms with Crippen molar-refractivity contribution in [2.24, 2.45) is 5.10 Å². The lowest BCUT2D eigenvalue weighted by molar-refractivity contribution is -0.384. The number of nitrogens with one attached hydrogen (secondary N) is 1. The second-order valence-electron chi connectivity index (χ2n) is 4.91. The summed E-state index contributed by atoms with van der Waals surface area (Å²) in [7, 11) is 0. The molecule has 6 nitrogen and oxygen atoms in total. The normalized spacial score (nSPS) is 11.1. The second kappa shape index (κ2) is 7.18. The maximum atomic E-state index is 12.2. The number of amides is 1. The number of nitrogens with zero attached hydrogens (tertiary/aromatic N) is 2. The third-order valence-electron chi connectivity index (χ3n) is 3.29. The third-order valence-corrected chi connectivity index (χ3v) is 5.28. The van der Waals surface area contributed by atoms with Gasteiger partial charge in [0.1, 0.15) is 9.90 Å². The molecule has 0 radical (unpaired) electrons. The molecule has 25 heavy (non-hydrogen) atoms. The average Bonchev–Trinajstić information content (AvgIpc) is 2.93. The van der Waals surface area contributed by atoms with Crippen LogP contribution in [-0.2, 0) is 0 Å². The first-order valence-electron chi connectivity index (χ1n) is 6.91. The molecule has 9 heteroatoms. The monoisotopic (exact) mass is 393 g/mol. The van der Waals surface area contributed by atoms with Gasteiger partial charge in [0.15, 0.2) is 0 Å². The average molecular weight is 394 g/mol. The largest absolute Gasteiger partial charge is 0.288 e. The number of rotatable bonds is 4. The van der Waals surface area contributed by atoms with Gasteiger partial charge >= 0.3 is 0 Å². The molecule has 1 aromatic heterocycles.